The highest BCUT2D eigenvalue weighted by Gasteiger charge is 2.30. The van der Waals surface area contributed by atoms with Gasteiger partial charge in [0, 0.05) is 28.3 Å². The van der Waals surface area contributed by atoms with Crippen molar-refractivity contribution < 1.29 is 101 Å². The van der Waals surface area contributed by atoms with Gasteiger partial charge in [0.05, 0.1) is 44.1 Å². The summed E-state index contributed by atoms with van der Waals surface area (Å²) < 4.78 is 146. The maximum absolute atomic E-state index is 12.9. The third-order valence-electron chi connectivity index (χ3n) is 9.14. The smallest absolute Gasteiger partial charge is 0.337 e. The molecule has 0 radical (unpaired) electrons. The number of phenols is 2. The van der Waals surface area contributed by atoms with Crippen molar-refractivity contribution >= 4 is 131 Å². The average Bonchev–Trinajstić information content (AvgIpc) is 3.25. The number of non-ortho nitro benzene ring substituents is 1. The van der Waals surface area contributed by atoms with Gasteiger partial charge in [0.25, 0.3) is 46.2 Å². The van der Waals surface area contributed by atoms with Gasteiger partial charge in [-0.3, -0.25) is 28.3 Å². The van der Waals surface area contributed by atoms with E-state index in [0.29, 0.717) is 36.4 Å². The van der Waals surface area contributed by atoms with Crippen LogP contribution in [-0.2, 0) is 49.8 Å². The molecule has 36 heteroatoms. The Morgan fingerprint density at radius 1 is 0.600 bits per heavy atom. The number of rotatable bonds is 16. The first-order valence-electron chi connectivity index (χ1n) is 17.6. The number of nitrogens with zero attached hydrogens (tertiary/aromatic N) is 7. The molecule has 6 aromatic rings. The number of aromatic carboxylic acids is 2. The molecule has 0 aliphatic rings. The molecule has 0 fully saturated rings. The number of carboxylic acids is 2. The van der Waals surface area contributed by atoms with Crippen LogP contribution in [0, 0.1) is 10.1 Å². The highest BCUT2D eigenvalue weighted by Crippen LogP contribution is 2.51. The molecule has 70 heavy (non-hydrogen) atoms. The lowest BCUT2D eigenvalue weighted by atomic mass is 10.0. The zero-order valence-electron chi connectivity index (χ0n) is 33.3. The van der Waals surface area contributed by atoms with Crippen LogP contribution in [0.25, 0.3) is 21.5 Å². The van der Waals surface area contributed by atoms with Crippen molar-refractivity contribution in [3.63, 3.8) is 0 Å². The first-order chi connectivity index (χ1) is 32.4. The number of nitro benzene ring substituents is 1. The van der Waals surface area contributed by atoms with Crippen LogP contribution in [0.1, 0.15) is 20.7 Å². The van der Waals surface area contributed by atoms with Gasteiger partial charge in [-0.05, 0) is 54.6 Å². The number of carboxylic acid groups (broad SMARTS) is 2. The molecule has 366 valence electrons. The van der Waals surface area contributed by atoms with E-state index in [-0.39, 0.29) is 12.0 Å². The molecule has 0 saturated heterocycles. The topological polar surface area (TPSA) is 515 Å². The van der Waals surface area contributed by atoms with Gasteiger partial charge in [-0.2, -0.15) is 33.7 Å². The molecule has 0 aliphatic heterocycles. The maximum Gasteiger partial charge on any atom is 0.337 e. The fourth-order valence-electron chi connectivity index (χ4n) is 6.19. The standard InChI is InChI=1S/C34H22N8O23S5/c35-27-21(11-23(67(52,53)54)17-9-22(66-65-64-51)28(31(44)26(17)27)40-36-18-5-2-13(42(49)50)8-24(18)68(55,56)57)39-37-19-6-4-14-16(32(19)70(61,62)63)10-25(69(58,59)60)29(30(14)43)41-38-20-7-12(33(45)46)1-3-15(20)34(47)48/h1-11,43-44,51H,35H2,(H,45,46)(H,47,48)(H,52,53,54)(H,55,56,57)(H,58,59,60)(H,61,62,63). The van der Waals surface area contributed by atoms with Crippen molar-refractivity contribution in [3.8, 4) is 11.5 Å². The normalized spacial score (nSPS) is 12.8. The molecule has 0 atom stereocenters. The first-order valence-corrected chi connectivity index (χ1v) is 24.1. The van der Waals surface area contributed by atoms with E-state index < -0.39 is 171 Å². The number of benzene rings is 6. The van der Waals surface area contributed by atoms with E-state index in [1.54, 1.807) is 0 Å². The molecule has 0 unspecified atom stereocenters. The Morgan fingerprint density at radius 3 is 1.76 bits per heavy atom. The molecule has 0 saturated carbocycles. The van der Waals surface area contributed by atoms with Gasteiger partial charge >= 0.3 is 11.9 Å². The third kappa shape index (κ3) is 10.5. The molecule has 0 bridgehead atoms. The molecule has 0 amide bonds. The van der Waals surface area contributed by atoms with Gasteiger partial charge in [0.1, 0.15) is 53.7 Å². The minimum absolute atomic E-state index is 0.0281. The highest BCUT2D eigenvalue weighted by molar-refractivity contribution is 7.94. The first kappa shape index (κ1) is 51.6. The Labute approximate surface area is 391 Å². The van der Waals surface area contributed by atoms with E-state index in [1.165, 1.54) is 0 Å². The van der Waals surface area contributed by atoms with Crippen LogP contribution in [-0.4, -0.2) is 94.4 Å². The number of azo groups is 3. The van der Waals surface area contributed by atoms with E-state index in [2.05, 4.69) is 40.1 Å². The Balaban J connectivity index is 1.59. The lowest BCUT2D eigenvalue weighted by Crippen LogP contribution is -2.03. The third-order valence-corrected chi connectivity index (χ3v) is 13.3. The summed E-state index contributed by atoms with van der Waals surface area (Å²) in [6.45, 7) is 0. The Hall–Kier alpha value is -7.75. The summed E-state index contributed by atoms with van der Waals surface area (Å²) in [5.41, 5.74) is -1.94. The fourth-order valence-corrected chi connectivity index (χ4v) is 9.49. The number of hydrogen-bond acceptors (Lipinski definition) is 25. The number of aromatic hydroxyl groups is 2. The summed E-state index contributed by atoms with van der Waals surface area (Å²) in [6.07, 6.45) is 0. The largest absolute Gasteiger partial charge is 0.505 e. The van der Waals surface area contributed by atoms with E-state index in [9.17, 15) is 92.0 Å². The van der Waals surface area contributed by atoms with Crippen LogP contribution in [0.5, 0.6) is 11.5 Å². The van der Waals surface area contributed by atoms with Gasteiger partial charge in [-0.15, -0.1) is 35.0 Å². The summed E-state index contributed by atoms with van der Waals surface area (Å²) in [5.74, 6) is -5.75. The Morgan fingerprint density at radius 2 is 1.19 bits per heavy atom. The lowest BCUT2D eigenvalue weighted by Gasteiger charge is -2.15. The van der Waals surface area contributed by atoms with Crippen molar-refractivity contribution in [1.82, 2.24) is 0 Å². The fraction of sp³-hybridized carbons (Fsp3) is 0. The second kappa shape index (κ2) is 19.0. The van der Waals surface area contributed by atoms with E-state index >= 15 is 0 Å². The predicted molar refractivity (Wildman–Crippen MR) is 232 cm³/mol. The van der Waals surface area contributed by atoms with Crippen LogP contribution < -0.4 is 5.73 Å². The maximum atomic E-state index is 12.9. The molecule has 0 heterocycles. The number of carbonyl (C=O) groups is 2. The monoisotopic (exact) mass is 1070 g/mol. The number of fused-ring (bicyclic) bond motifs is 2. The zero-order valence-corrected chi connectivity index (χ0v) is 37.4. The second-order valence-corrected chi connectivity index (χ2v) is 19.6. The number of hydrogen-bond donors (Lipinski definition) is 10. The van der Waals surface area contributed by atoms with Gasteiger partial charge in [0.2, 0.25) is 0 Å². The number of nitro groups is 1. The van der Waals surface area contributed by atoms with Crippen LogP contribution in [0.15, 0.2) is 122 Å². The van der Waals surface area contributed by atoms with Crippen molar-refractivity contribution in [2.75, 3.05) is 5.73 Å². The van der Waals surface area contributed by atoms with Crippen molar-refractivity contribution in [1.29, 1.82) is 0 Å². The van der Waals surface area contributed by atoms with E-state index in [0.717, 1.165) is 30.3 Å². The summed E-state index contributed by atoms with van der Waals surface area (Å²) in [4.78, 5) is 27.8. The number of phenolic OH excluding ortho intramolecular Hbond substituents is 2. The van der Waals surface area contributed by atoms with Gasteiger partial charge in [0.15, 0.2) is 11.5 Å². The summed E-state index contributed by atoms with van der Waals surface area (Å²) in [6, 6.07) is 7.33. The van der Waals surface area contributed by atoms with Crippen molar-refractivity contribution in [3.05, 3.63) is 88.0 Å². The van der Waals surface area contributed by atoms with Crippen molar-refractivity contribution in [2.45, 2.75) is 24.5 Å². The number of nitrogens with two attached hydrogens (primary N) is 1. The van der Waals surface area contributed by atoms with Crippen LogP contribution in [0.3, 0.4) is 0 Å². The number of anilines is 1. The van der Waals surface area contributed by atoms with Crippen molar-refractivity contribution in [2.24, 2.45) is 30.7 Å². The summed E-state index contributed by atoms with van der Waals surface area (Å²) in [7, 11) is -22.0. The SMILES string of the molecule is Nc1c(N=Nc2ccc3c(O)c(N=Nc4cc(C(=O)O)ccc4C(=O)O)c(S(=O)(=O)O)cc3c2S(=O)(=O)O)cc(S(=O)(=O)O)c2cc(SOOO)c(N=Nc3ccc([N+](=O)[O-])cc3S(=O)(=O)O)c(O)c12. The number of nitrogen functional groups attached to an aromatic ring is 1. The molecule has 11 N–H and O–H groups in total. The molecule has 0 aromatic heterocycles. The van der Waals surface area contributed by atoms with Gasteiger partial charge < -0.3 is 26.2 Å². The summed E-state index contributed by atoms with van der Waals surface area (Å²) >= 11 is -0.0281. The van der Waals surface area contributed by atoms with Gasteiger partial charge in [-0.25, -0.2) is 14.8 Å². The molecule has 31 nitrogen and oxygen atoms in total. The Bertz CT molecular complexity index is 3850. The molecular weight excluding hydrogens is 1050 g/mol. The van der Waals surface area contributed by atoms with Crippen LogP contribution >= 0.6 is 12.0 Å². The lowest BCUT2D eigenvalue weighted by molar-refractivity contribution is -0.432. The predicted octanol–water partition coefficient (Wildman–Crippen LogP) is 6.95. The van der Waals surface area contributed by atoms with Crippen LogP contribution in [0.4, 0.5) is 45.5 Å². The zero-order chi connectivity index (χ0) is 52.0. The molecular formula is C34H22N8O23S5. The average molecular weight is 1070 g/mol. The molecule has 6 rings (SSSR count). The van der Waals surface area contributed by atoms with Crippen LogP contribution in [0.2, 0.25) is 0 Å². The molecule has 0 spiro atoms. The quantitative estimate of drug-likeness (QED) is 0.00890. The minimum Gasteiger partial charge on any atom is -0.505 e. The Kier molecular flexibility index (Phi) is 14.0. The molecule has 6 aromatic carbocycles. The highest BCUT2D eigenvalue weighted by atomic mass is 32.2. The van der Waals surface area contributed by atoms with E-state index in [4.69, 9.17) is 11.0 Å². The molecule has 0 aliphatic carbocycles. The van der Waals surface area contributed by atoms with E-state index in [1.807, 2.05) is 0 Å². The minimum atomic E-state index is -5.66. The van der Waals surface area contributed by atoms with Gasteiger partial charge in [-0.1, -0.05) is 5.04 Å². The second-order valence-electron chi connectivity index (χ2n) is 13.4. The summed E-state index contributed by atoms with van der Waals surface area (Å²) in [5, 5.41) is 83.7.